The molecule has 3 rings (SSSR count). The molecule has 0 spiro atoms. The molecule has 1 N–H and O–H groups in total. The Morgan fingerprint density at radius 2 is 2.16 bits per heavy atom. The maximum absolute atomic E-state index is 12.4. The lowest BCUT2D eigenvalue weighted by Gasteiger charge is -2.04. The van der Waals surface area contributed by atoms with E-state index in [4.69, 9.17) is 10.00 Å². The van der Waals surface area contributed by atoms with Crippen molar-refractivity contribution in [3.63, 3.8) is 0 Å². The highest BCUT2D eigenvalue weighted by atomic mass is 16.5. The van der Waals surface area contributed by atoms with Gasteiger partial charge in [-0.2, -0.15) is 5.26 Å². The van der Waals surface area contributed by atoms with Crippen molar-refractivity contribution in [2.24, 2.45) is 0 Å². The molecule has 0 saturated carbocycles. The molecule has 124 valence electrons. The Morgan fingerprint density at radius 1 is 1.32 bits per heavy atom. The molecular formula is C18H14N4O3. The first-order valence-electron chi connectivity index (χ1n) is 7.56. The summed E-state index contributed by atoms with van der Waals surface area (Å²) in [6.45, 7) is 0. The molecule has 0 unspecified atom stereocenters. The number of ether oxygens (including phenoxy) is 1. The highest BCUT2D eigenvalue weighted by Crippen LogP contribution is 2.14. The maximum atomic E-state index is 12.4. The number of aromatic nitrogens is 3. The number of aromatic amines is 1. The third kappa shape index (κ3) is 3.53. The third-order valence-corrected chi connectivity index (χ3v) is 3.74. The number of Topliss-reactive ketones (excluding diaryl/α,β-unsaturated/α-hetero) is 1. The molecule has 25 heavy (non-hydrogen) atoms. The van der Waals surface area contributed by atoms with Gasteiger partial charge in [-0.15, -0.1) is 0 Å². The number of fused-ring (bicyclic) bond motifs is 1. The van der Waals surface area contributed by atoms with Crippen LogP contribution in [-0.2, 0) is 6.42 Å². The average Bonchev–Trinajstić information content (AvgIpc) is 2.65. The van der Waals surface area contributed by atoms with Gasteiger partial charge in [-0.05, 0) is 36.2 Å². The van der Waals surface area contributed by atoms with Crippen LogP contribution in [0.25, 0.3) is 10.9 Å². The van der Waals surface area contributed by atoms with Crippen LogP contribution in [0.15, 0.2) is 41.5 Å². The number of nitriles is 1. The lowest BCUT2D eigenvalue weighted by Crippen LogP contribution is -2.16. The van der Waals surface area contributed by atoms with E-state index >= 15 is 0 Å². The van der Waals surface area contributed by atoms with Crippen molar-refractivity contribution in [2.45, 2.75) is 12.8 Å². The van der Waals surface area contributed by atoms with Gasteiger partial charge in [-0.3, -0.25) is 14.6 Å². The van der Waals surface area contributed by atoms with Crippen LogP contribution in [0.5, 0.6) is 5.75 Å². The van der Waals surface area contributed by atoms with Gasteiger partial charge in [0.25, 0.3) is 5.56 Å². The molecule has 2 aromatic heterocycles. The number of nitrogens with one attached hydrogen (secondary N) is 1. The standard InChI is InChI=1S/C18H14N4O3/c1-25-13-6-12(9-20-10-13)3-5-16(23)17-21-15-4-2-11(8-19)7-14(15)18(24)22-17/h2,4,6-7,9-10H,3,5H2,1H3,(H,21,22,24). The molecule has 0 radical (unpaired) electrons. The van der Waals surface area contributed by atoms with Crippen LogP contribution in [0.1, 0.15) is 28.2 Å². The first-order valence-corrected chi connectivity index (χ1v) is 7.56. The predicted molar refractivity (Wildman–Crippen MR) is 90.5 cm³/mol. The minimum absolute atomic E-state index is 0.0121. The number of nitrogens with zero attached hydrogens (tertiary/aromatic N) is 3. The van der Waals surface area contributed by atoms with Crippen LogP contribution >= 0.6 is 0 Å². The molecule has 0 aliphatic carbocycles. The summed E-state index contributed by atoms with van der Waals surface area (Å²) in [4.78, 5) is 35.2. The fraction of sp³-hybridized carbons (Fsp3) is 0.167. The molecule has 0 bridgehead atoms. The zero-order chi connectivity index (χ0) is 17.8. The second-order valence-electron chi connectivity index (χ2n) is 5.41. The van der Waals surface area contributed by atoms with Crippen molar-refractivity contribution >= 4 is 16.7 Å². The second kappa shape index (κ2) is 6.93. The van der Waals surface area contributed by atoms with Crippen molar-refractivity contribution in [3.8, 4) is 11.8 Å². The van der Waals surface area contributed by atoms with Crippen LogP contribution in [-0.4, -0.2) is 27.8 Å². The number of hydrogen-bond acceptors (Lipinski definition) is 6. The lowest BCUT2D eigenvalue weighted by molar-refractivity contribution is 0.0973. The number of aryl methyl sites for hydroxylation is 1. The normalized spacial score (nSPS) is 10.4. The third-order valence-electron chi connectivity index (χ3n) is 3.74. The fourth-order valence-electron chi connectivity index (χ4n) is 2.43. The smallest absolute Gasteiger partial charge is 0.259 e. The number of H-pyrrole nitrogens is 1. The maximum Gasteiger partial charge on any atom is 0.259 e. The number of ketones is 1. The Kier molecular flexibility index (Phi) is 4.53. The van der Waals surface area contributed by atoms with E-state index in [-0.39, 0.29) is 23.4 Å². The molecule has 7 heteroatoms. The van der Waals surface area contributed by atoms with Crippen LogP contribution < -0.4 is 10.3 Å². The van der Waals surface area contributed by atoms with Crippen molar-refractivity contribution < 1.29 is 9.53 Å². The molecule has 1 aromatic carbocycles. The van der Waals surface area contributed by atoms with Gasteiger partial charge < -0.3 is 9.72 Å². The first kappa shape index (κ1) is 16.3. The molecule has 0 amide bonds. The largest absolute Gasteiger partial charge is 0.495 e. The summed E-state index contributed by atoms with van der Waals surface area (Å²) < 4.78 is 5.10. The molecule has 2 heterocycles. The van der Waals surface area contributed by atoms with Gasteiger partial charge in [0.15, 0.2) is 11.6 Å². The van der Waals surface area contributed by atoms with Gasteiger partial charge in [-0.25, -0.2) is 4.98 Å². The minimum atomic E-state index is -0.437. The van der Waals surface area contributed by atoms with E-state index in [1.165, 1.54) is 6.07 Å². The molecule has 3 aromatic rings. The molecule has 0 atom stereocenters. The summed E-state index contributed by atoms with van der Waals surface area (Å²) in [5.74, 6) is 0.361. The zero-order valence-electron chi connectivity index (χ0n) is 13.4. The molecular weight excluding hydrogens is 320 g/mol. The Labute approximate surface area is 142 Å². The number of pyridine rings is 1. The van der Waals surface area contributed by atoms with Crippen molar-refractivity contribution in [3.05, 3.63) is 64.0 Å². The Bertz CT molecular complexity index is 1050. The van der Waals surface area contributed by atoms with Gasteiger partial charge in [0.1, 0.15) is 5.75 Å². The van der Waals surface area contributed by atoms with Gasteiger partial charge in [-0.1, -0.05) is 0 Å². The highest BCUT2D eigenvalue weighted by molar-refractivity contribution is 5.94. The van der Waals surface area contributed by atoms with Crippen LogP contribution in [0.4, 0.5) is 0 Å². The van der Waals surface area contributed by atoms with Crippen LogP contribution in [0, 0.1) is 11.3 Å². The average molecular weight is 334 g/mol. The number of carbonyl (C=O) groups is 1. The summed E-state index contributed by atoms with van der Waals surface area (Å²) in [5, 5.41) is 9.18. The Morgan fingerprint density at radius 3 is 2.92 bits per heavy atom. The van der Waals surface area contributed by atoms with Gasteiger partial charge in [0.05, 0.1) is 35.8 Å². The number of benzene rings is 1. The molecule has 7 nitrogen and oxygen atoms in total. The summed E-state index contributed by atoms with van der Waals surface area (Å²) in [6, 6.07) is 8.35. The van der Waals surface area contributed by atoms with E-state index < -0.39 is 5.56 Å². The second-order valence-corrected chi connectivity index (χ2v) is 5.41. The van der Waals surface area contributed by atoms with Gasteiger partial charge in [0, 0.05) is 12.6 Å². The minimum Gasteiger partial charge on any atom is -0.495 e. The van der Waals surface area contributed by atoms with E-state index in [1.807, 2.05) is 6.07 Å². The number of rotatable bonds is 5. The number of methoxy groups -OCH3 is 1. The highest BCUT2D eigenvalue weighted by Gasteiger charge is 2.12. The quantitative estimate of drug-likeness (QED) is 0.715. The SMILES string of the molecule is COc1cncc(CCC(=O)c2nc3ccc(C#N)cc3c(=O)[nH]2)c1. The van der Waals surface area contributed by atoms with Crippen molar-refractivity contribution in [1.82, 2.24) is 15.0 Å². The van der Waals surface area contributed by atoms with Crippen LogP contribution in [0.3, 0.4) is 0 Å². The van der Waals surface area contributed by atoms with Crippen molar-refractivity contribution in [1.29, 1.82) is 5.26 Å². The molecule has 0 fully saturated rings. The zero-order valence-corrected chi connectivity index (χ0v) is 13.4. The molecule has 0 aliphatic rings. The number of carbonyl (C=O) groups excluding carboxylic acids is 1. The summed E-state index contributed by atoms with van der Waals surface area (Å²) >= 11 is 0. The summed E-state index contributed by atoms with van der Waals surface area (Å²) in [7, 11) is 1.55. The van der Waals surface area contributed by atoms with E-state index in [2.05, 4.69) is 15.0 Å². The topological polar surface area (TPSA) is 109 Å². The van der Waals surface area contributed by atoms with E-state index in [0.29, 0.717) is 23.3 Å². The fourth-order valence-corrected chi connectivity index (χ4v) is 2.43. The van der Waals surface area contributed by atoms with Crippen LogP contribution in [0.2, 0.25) is 0 Å². The Hall–Kier alpha value is -3.53. The monoisotopic (exact) mass is 334 g/mol. The Balaban J connectivity index is 1.82. The summed E-state index contributed by atoms with van der Waals surface area (Å²) in [6.07, 6.45) is 3.89. The molecule has 0 aliphatic heterocycles. The van der Waals surface area contributed by atoms with E-state index in [9.17, 15) is 9.59 Å². The van der Waals surface area contributed by atoms with Gasteiger partial charge in [0.2, 0.25) is 0 Å². The van der Waals surface area contributed by atoms with Crippen molar-refractivity contribution in [2.75, 3.05) is 7.11 Å². The number of hydrogen-bond donors (Lipinski definition) is 1. The van der Waals surface area contributed by atoms with Gasteiger partial charge >= 0.3 is 0 Å². The molecule has 0 saturated heterocycles. The van der Waals surface area contributed by atoms with E-state index in [0.717, 1.165) is 5.56 Å². The van der Waals surface area contributed by atoms with E-state index in [1.54, 1.807) is 37.7 Å². The first-order chi connectivity index (χ1) is 12.1. The summed E-state index contributed by atoms with van der Waals surface area (Å²) in [5.41, 5.74) is 1.17. The predicted octanol–water partition coefficient (Wildman–Crippen LogP) is 2.01. The lowest BCUT2D eigenvalue weighted by atomic mass is 10.1.